The number of aromatic nitrogens is 1. The molecule has 168 valence electrons. The molecule has 2 aliphatic rings. The Morgan fingerprint density at radius 2 is 1.56 bits per heavy atom. The van der Waals surface area contributed by atoms with Crippen molar-refractivity contribution in [3.63, 3.8) is 0 Å². The van der Waals surface area contributed by atoms with Gasteiger partial charge >= 0.3 is 0 Å². The van der Waals surface area contributed by atoms with Gasteiger partial charge < -0.3 is 19.9 Å². The first kappa shape index (κ1) is 21.9. The van der Waals surface area contributed by atoms with E-state index in [0.717, 1.165) is 13.1 Å². The average molecular weight is 438 g/mol. The standard InChI is InChI=1S/C23H27N5O4/c29-21(17-26-13-15-32-16-14-26)27-9-11-28(12-10-27)23(31)18-4-6-19(7-5-18)25-22(30)20-3-1-2-8-24-20/h1-8H,9-17H2,(H,25,30). The molecule has 0 atom stereocenters. The minimum Gasteiger partial charge on any atom is -0.379 e. The zero-order valence-corrected chi connectivity index (χ0v) is 17.9. The molecule has 32 heavy (non-hydrogen) atoms. The van der Waals surface area contributed by atoms with Gasteiger partial charge in [-0.15, -0.1) is 0 Å². The van der Waals surface area contributed by atoms with Gasteiger partial charge in [-0.25, -0.2) is 0 Å². The van der Waals surface area contributed by atoms with Crippen LogP contribution < -0.4 is 5.32 Å². The van der Waals surface area contributed by atoms with Crippen LogP contribution in [0, 0.1) is 0 Å². The van der Waals surface area contributed by atoms with Gasteiger partial charge in [-0.3, -0.25) is 24.3 Å². The Kier molecular flexibility index (Phi) is 7.08. The number of morpholine rings is 1. The molecular weight excluding hydrogens is 410 g/mol. The maximum absolute atomic E-state index is 12.9. The zero-order chi connectivity index (χ0) is 22.3. The van der Waals surface area contributed by atoms with Crippen molar-refractivity contribution in [1.29, 1.82) is 0 Å². The van der Waals surface area contributed by atoms with Crippen molar-refractivity contribution in [2.75, 3.05) is 64.3 Å². The highest BCUT2D eigenvalue weighted by Crippen LogP contribution is 2.14. The third-order valence-electron chi connectivity index (χ3n) is 5.67. The van der Waals surface area contributed by atoms with Crippen LogP contribution in [-0.2, 0) is 9.53 Å². The number of piperazine rings is 1. The van der Waals surface area contributed by atoms with Gasteiger partial charge in [0.15, 0.2) is 0 Å². The summed E-state index contributed by atoms with van der Waals surface area (Å²) in [6.45, 7) is 5.38. The molecular formula is C23H27N5O4. The molecule has 1 aromatic carbocycles. The summed E-state index contributed by atoms with van der Waals surface area (Å²) >= 11 is 0. The fourth-order valence-electron chi connectivity index (χ4n) is 3.78. The number of nitrogens with zero attached hydrogens (tertiary/aromatic N) is 4. The monoisotopic (exact) mass is 437 g/mol. The van der Waals surface area contributed by atoms with Crippen molar-refractivity contribution in [2.24, 2.45) is 0 Å². The summed E-state index contributed by atoms with van der Waals surface area (Å²) in [5.74, 6) is -0.276. The van der Waals surface area contributed by atoms with Crippen molar-refractivity contribution in [1.82, 2.24) is 19.7 Å². The van der Waals surface area contributed by atoms with E-state index in [4.69, 9.17) is 4.74 Å². The van der Waals surface area contributed by atoms with Crippen molar-refractivity contribution in [2.45, 2.75) is 0 Å². The van der Waals surface area contributed by atoms with E-state index >= 15 is 0 Å². The number of nitrogens with one attached hydrogen (secondary N) is 1. The van der Waals surface area contributed by atoms with Gasteiger partial charge in [0.25, 0.3) is 11.8 Å². The molecule has 0 aliphatic carbocycles. The summed E-state index contributed by atoms with van der Waals surface area (Å²) < 4.78 is 5.32. The summed E-state index contributed by atoms with van der Waals surface area (Å²) in [4.78, 5) is 47.3. The third kappa shape index (κ3) is 5.49. The number of amides is 3. The Balaban J connectivity index is 1.26. The molecule has 2 saturated heterocycles. The Hall–Kier alpha value is -3.30. The van der Waals surface area contributed by atoms with Crippen molar-refractivity contribution >= 4 is 23.4 Å². The fraction of sp³-hybridized carbons (Fsp3) is 0.391. The molecule has 0 radical (unpaired) electrons. The number of carbonyl (C=O) groups is 3. The van der Waals surface area contributed by atoms with Gasteiger partial charge in [0.2, 0.25) is 5.91 Å². The van der Waals surface area contributed by atoms with Crippen molar-refractivity contribution in [3.8, 4) is 0 Å². The van der Waals surface area contributed by atoms with Gasteiger partial charge in [-0.2, -0.15) is 0 Å². The lowest BCUT2D eigenvalue weighted by Crippen LogP contribution is -2.53. The predicted molar refractivity (Wildman–Crippen MR) is 118 cm³/mol. The Morgan fingerprint density at radius 3 is 2.22 bits per heavy atom. The number of ether oxygens (including phenoxy) is 1. The summed E-state index contributed by atoms with van der Waals surface area (Å²) in [6, 6.07) is 11.9. The highest BCUT2D eigenvalue weighted by molar-refractivity contribution is 6.03. The van der Waals surface area contributed by atoms with E-state index in [9.17, 15) is 14.4 Å². The second kappa shape index (κ2) is 10.3. The largest absolute Gasteiger partial charge is 0.379 e. The summed E-state index contributed by atoms with van der Waals surface area (Å²) in [5.41, 5.74) is 1.47. The lowest BCUT2D eigenvalue weighted by atomic mass is 10.1. The van der Waals surface area contributed by atoms with Crippen LogP contribution >= 0.6 is 0 Å². The number of benzene rings is 1. The molecule has 4 rings (SSSR count). The van der Waals surface area contributed by atoms with E-state index in [2.05, 4.69) is 15.2 Å². The molecule has 9 nitrogen and oxygen atoms in total. The summed E-state index contributed by atoms with van der Waals surface area (Å²) in [5, 5.41) is 2.77. The minimum absolute atomic E-state index is 0.0760. The predicted octanol–water partition coefficient (Wildman–Crippen LogP) is 0.951. The highest BCUT2D eigenvalue weighted by atomic mass is 16.5. The highest BCUT2D eigenvalue weighted by Gasteiger charge is 2.26. The number of anilines is 1. The SMILES string of the molecule is O=C(Nc1ccc(C(=O)N2CCN(C(=O)CN3CCOCC3)CC2)cc1)c1ccccn1. The van der Waals surface area contributed by atoms with Crippen LogP contribution in [0.5, 0.6) is 0 Å². The van der Waals surface area contributed by atoms with Crippen LogP contribution in [0.3, 0.4) is 0 Å². The molecule has 1 N–H and O–H groups in total. The van der Waals surface area contributed by atoms with E-state index in [-0.39, 0.29) is 17.7 Å². The maximum Gasteiger partial charge on any atom is 0.274 e. The number of hydrogen-bond donors (Lipinski definition) is 1. The zero-order valence-electron chi connectivity index (χ0n) is 17.9. The minimum atomic E-state index is -0.303. The van der Waals surface area contributed by atoms with Gasteiger partial charge in [0, 0.05) is 56.7 Å². The molecule has 2 fully saturated rings. The smallest absolute Gasteiger partial charge is 0.274 e. The molecule has 9 heteroatoms. The van der Waals surface area contributed by atoms with Gasteiger partial charge in [-0.1, -0.05) is 6.07 Å². The second-order valence-corrected chi connectivity index (χ2v) is 7.81. The Labute approximate surface area is 187 Å². The fourth-order valence-corrected chi connectivity index (χ4v) is 3.78. The lowest BCUT2D eigenvalue weighted by Gasteiger charge is -2.36. The molecule has 0 saturated carbocycles. The number of carbonyl (C=O) groups excluding carboxylic acids is 3. The first-order chi connectivity index (χ1) is 15.6. The van der Waals surface area contributed by atoms with Gasteiger partial charge in [-0.05, 0) is 36.4 Å². The third-order valence-corrected chi connectivity index (χ3v) is 5.67. The van der Waals surface area contributed by atoms with E-state index in [1.807, 2.05) is 4.90 Å². The van der Waals surface area contributed by atoms with Crippen LogP contribution in [0.25, 0.3) is 0 Å². The molecule has 1 aromatic heterocycles. The molecule has 2 aromatic rings. The molecule has 3 heterocycles. The first-order valence-electron chi connectivity index (χ1n) is 10.8. The number of hydrogen-bond acceptors (Lipinski definition) is 6. The number of rotatable bonds is 5. The first-order valence-corrected chi connectivity index (χ1v) is 10.8. The van der Waals surface area contributed by atoms with Crippen LogP contribution in [0.15, 0.2) is 48.7 Å². The second-order valence-electron chi connectivity index (χ2n) is 7.81. The lowest BCUT2D eigenvalue weighted by molar-refractivity contribution is -0.134. The van der Waals surface area contributed by atoms with Crippen LogP contribution in [0.1, 0.15) is 20.8 Å². The van der Waals surface area contributed by atoms with Crippen LogP contribution in [0.4, 0.5) is 5.69 Å². The van der Waals surface area contributed by atoms with Gasteiger partial charge in [0.05, 0.1) is 19.8 Å². The van der Waals surface area contributed by atoms with Crippen LogP contribution in [-0.4, -0.2) is 96.4 Å². The van der Waals surface area contributed by atoms with E-state index in [1.165, 1.54) is 0 Å². The van der Waals surface area contributed by atoms with Crippen molar-refractivity contribution < 1.29 is 19.1 Å². The van der Waals surface area contributed by atoms with E-state index in [0.29, 0.717) is 62.9 Å². The average Bonchev–Trinajstić information content (AvgIpc) is 2.85. The quantitative estimate of drug-likeness (QED) is 0.749. The van der Waals surface area contributed by atoms with Crippen LogP contribution in [0.2, 0.25) is 0 Å². The summed E-state index contributed by atoms with van der Waals surface area (Å²) in [7, 11) is 0. The Bertz CT molecular complexity index is 937. The van der Waals surface area contributed by atoms with Gasteiger partial charge in [0.1, 0.15) is 5.69 Å². The molecule has 3 amide bonds. The Morgan fingerprint density at radius 1 is 0.875 bits per heavy atom. The topological polar surface area (TPSA) is 95.1 Å². The van der Waals surface area contributed by atoms with E-state index in [1.54, 1.807) is 53.6 Å². The van der Waals surface area contributed by atoms with Crippen molar-refractivity contribution in [3.05, 3.63) is 59.9 Å². The molecule has 0 unspecified atom stereocenters. The molecule has 0 spiro atoms. The summed E-state index contributed by atoms with van der Waals surface area (Å²) in [6.07, 6.45) is 1.56. The normalized spacial score (nSPS) is 17.1. The number of pyridine rings is 1. The van der Waals surface area contributed by atoms with E-state index < -0.39 is 0 Å². The maximum atomic E-state index is 12.9. The molecule has 2 aliphatic heterocycles. The molecule has 0 bridgehead atoms.